The number of anilines is 1. The molecule has 0 aliphatic carbocycles. The molecule has 0 bridgehead atoms. The molecule has 1 heterocycles. The molecule has 0 spiro atoms. The Labute approximate surface area is 85.4 Å². The quantitative estimate of drug-likeness (QED) is 0.779. The summed E-state index contributed by atoms with van der Waals surface area (Å²) < 4.78 is 0.871. The molecule has 0 amide bonds. The fourth-order valence-electron chi connectivity index (χ4n) is 0.733. The summed E-state index contributed by atoms with van der Waals surface area (Å²) in [6.45, 7) is 1.25. The summed E-state index contributed by atoms with van der Waals surface area (Å²) in [5.41, 5.74) is 5.28. The molecule has 1 rings (SSSR count). The van der Waals surface area contributed by atoms with Gasteiger partial charge in [0.2, 0.25) is 5.95 Å². The van der Waals surface area contributed by atoms with Crippen molar-refractivity contribution in [1.29, 1.82) is 0 Å². The Hall–Kier alpha value is -0.940. The Morgan fingerprint density at radius 3 is 2.69 bits per heavy atom. The van der Waals surface area contributed by atoms with Gasteiger partial charge in [0.15, 0.2) is 0 Å². The van der Waals surface area contributed by atoms with Crippen LogP contribution in [0.2, 0.25) is 0 Å². The van der Waals surface area contributed by atoms with Crippen LogP contribution in [0.1, 0.15) is 0 Å². The summed E-state index contributed by atoms with van der Waals surface area (Å²) in [7, 11) is 0. The van der Waals surface area contributed by atoms with Crippen molar-refractivity contribution in [2.75, 3.05) is 18.4 Å². The van der Waals surface area contributed by atoms with Crippen molar-refractivity contribution in [2.24, 2.45) is 5.73 Å². The van der Waals surface area contributed by atoms with Crippen LogP contribution in [0.15, 0.2) is 29.0 Å². The van der Waals surface area contributed by atoms with Crippen LogP contribution in [0.3, 0.4) is 0 Å². The zero-order valence-electron chi connectivity index (χ0n) is 7.07. The molecule has 0 atom stereocenters. The van der Waals surface area contributed by atoms with Crippen molar-refractivity contribution in [3.05, 3.63) is 29.0 Å². The predicted octanol–water partition coefficient (Wildman–Crippen LogP) is 1.17. The van der Waals surface area contributed by atoms with E-state index in [4.69, 9.17) is 5.73 Å². The van der Waals surface area contributed by atoms with Gasteiger partial charge in [0, 0.05) is 25.5 Å². The summed E-state index contributed by atoms with van der Waals surface area (Å²) in [6.07, 6.45) is 7.21. The van der Waals surface area contributed by atoms with Gasteiger partial charge in [-0.25, -0.2) is 9.97 Å². The molecule has 0 saturated heterocycles. The summed E-state index contributed by atoms with van der Waals surface area (Å²) in [5.74, 6) is 0.616. The van der Waals surface area contributed by atoms with Crippen LogP contribution in [0.5, 0.6) is 0 Å². The first-order valence-corrected chi connectivity index (χ1v) is 4.68. The second-order valence-corrected chi connectivity index (χ2v) is 3.23. The molecule has 13 heavy (non-hydrogen) atoms. The molecule has 0 aliphatic heterocycles. The van der Waals surface area contributed by atoms with Gasteiger partial charge < -0.3 is 11.1 Å². The Kier molecular flexibility index (Phi) is 4.42. The van der Waals surface area contributed by atoms with Crippen molar-refractivity contribution in [1.82, 2.24) is 9.97 Å². The van der Waals surface area contributed by atoms with Crippen molar-refractivity contribution in [3.8, 4) is 0 Å². The normalized spacial score (nSPS) is 10.6. The van der Waals surface area contributed by atoms with E-state index in [1.807, 2.05) is 12.2 Å². The largest absolute Gasteiger partial charge is 0.351 e. The maximum Gasteiger partial charge on any atom is 0.222 e. The monoisotopic (exact) mass is 242 g/mol. The number of halogens is 1. The van der Waals surface area contributed by atoms with Gasteiger partial charge in [0.25, 0.3) is 0 Å². The van der Waals surface area contributed by atoms with Crippen LogP contribution in [-0.4, -0.2) is 23.1 Å². The van der Waals surface area contributed by atoms with E-state index >= 15 is 0 Å². The second kappa shape index (κ2) is 5.66. The molecule has 5 heteroatoms. The molecule has 1 aromatic heterocycles. The van der Waals surface area contributed by atoms with E-state index in [0.717, 1.165) is 4.47 Å². The Morgan fingerprint density at radius 1 is 1.38 bits per heavy atom. The number of nitrogens with one attached hydrogen (secondary N) is 1. The summed E-state index contributed by atoms with van der Waals surface area (Å²) in [5, 5.41) is 3.02. The maximum atomic E-state index is 5.28. The smallest absolute Gasteiger partial charge is 0.222 e. The molecule has 4 nitrogen and oxygen atoms in total. The van der Waals surface area contributed by atoms with E-state index in [1.54, 1.807) is 12.4 Å². The lowest BCUT2D eigenvalue weighted by molar-refractivity contribution is 1.10. The lowest BCUT2D eigenvalue weighted by Gasteiger charge is -1.99. The van der Waals surface area contributed by atoms with Gasteiger partial charge in [-0.15, -0.1) is 0 Å². The van der Waals surface area contributed by atoms with Crippen LogP contribution < -0.4 is 11.1 Å². The first-order chi connectivity index (χ1) is 6.33. The fourth-order valence-corrected chi connectivity index (χ4v) is 0.938. The van der Waals surface area contributed by atoms with Gasteiger partial charge in [0.05, 0.1) is 4.47 Å². The van der Waals surface area contributed by atoms with Crippen LogP contribution in [0, 0.1) is 0 Å². The third-order valence-electron chi connectivity index (χ3n) is 1.30. The van der Waals surface area contributed by atoms with Gasteiger partial charge >= 0.3 is 0 Å². The maximum absolute atomic E-state index is 5.28. The third kappa shape index (κ3) is 4.00. The summed E-state index contributed by atoms with van der Waals surface area (Å²) in [6, 6.07) is 0. The van der Waals surface area contributed by atoms with Crippen molar-refractivity contribution in [3.63, 3.8) is 0 Å². The van der Waals surface area contributed by atoms with Crippen LogP contribution >= 0.6 is 15.9 Å². The van der Waals surface area contributed by atoms with Gasteiger partial charge in [-0.2, -0.15) is 0 Å². The van der Waals surface area contributed by atoms with Crippen molar-refractivity contribution in [2.45, 2.75) is 0 Å². The van der Waals surface area contributed by atoms with Gasteiger partial charge in [-0.1, -0.05) is 12.2 Å². The van der Waals surface area contributed by atoms with E-state index in [1.165, 1.54) is 0 Å². The molecule has 3 N–H and O–H groups in total. The zero-order chi connectivity index (χ0) is 9.52. The average Bonchev–Trinajstić information content (AvgIpc) is 2.15. The fraction of sp³-hybridized carbons (Fsp3) is 0.250. The first kappa shape index (κ1) is 10.1. The number of nitrogens with zero attached hydrogens (tertiary/aromatic N) is 2. The predicted molar refractivity (Wildman–Crippen MR) is 56.4 cm³/mol. The second-order valence-electron chi connectivity index (χ2n) is 2.31. The van der Waals surface area contributed by atoms with Gasteiger partial charge in [-0.05, 0) is 15.9 Å². The molecule has 0 unspecified atom stereocenters. The molecule has 0 aliphatic rings. The molecule has 0 saturated carbocycles. The molecular formula is C8H11BrN4. The van der Waals surface area contributed by atoms with E-state index in [0.29, 0.717) is 19.0 Å². The Balaban J connectivity index is 2.37. The summed E-state index contributed by atoms with van der Waals surface area (Å²) in [4.78, 5) is 8.08. The van der Waals surface area contributed by atoms with Crippen molar-refractivity contribution >= 4 is 21.9 Å². The van der Waals surface area contributed by atoms with Crippen LogP contribution in [-0.2, 0) is 0 Å². The number of hydrogen-bond donors (Lipinski definition) is 2. The first-order valence-electron chi connectivity index (χ1n) is 3.89. The minimum absolute atomic E-state index is 0.558. The number of hydrogen-bond acceptors (Lipinski definition) is 4. The van der Waals surface area contributed by atoms with Crippen LogP contribution in [0.25, 0.3) is 0 Å². The van der Waals surface area contributed by atoms with Gasteiger partial charge in [0.1, 0.15) is 0 Å². The van der Waals surface area contributed by atoms with Crippen molar-refractivity contribution < 1.29 is 0 Å². The number of rotatable bonds is 4. The third-order valence-corrected chi connectivity index (χ3v) is 1.71. The highest BCUT2D eigenvalue weighted by Crippen LogP contribution is 2.06. The standard InChI is InChI=1S/C8H11BrN4/c9-7-5-12-8(13-6-7)11-4-2-1-3-10/h1-2,5-6H,3-4,10H2,(H,11,12,13)/b2-1+. The topological polar surface area (TPSA) is 63.8 Å². The minimum atomic E-state index is 0.558. The van der Waals surface area contributed by atoms with Crippen LogP contribution in [0.4, 0.5) is 5.95 Å². The average molecular weight is 243 g/mol. The number of nitrogens with two attached hydrogens (primary N) is 1. The molecule has 0 radical (unpaired) electrons. The lowest BCUT2D eigenvalue weighted by Crippen LogP contribution is -2.03. The highest BCUT2D eigenvalue weighted by Gasteiger charge is 1.91. The SMILES string of the molecule is NC/C=C/CNc1ncc(Br)cn1. The molecule has 0 fully saturated rings. The van der Waals surface area contributed by atoms with E-state index < -0.39 is 0 Å². The van der Waals surface area contributed by atoms with E-state index in [9.17, 15) is 0 Å². The lowest BCUT2D eigenvalue weighted by atomic mass is 10.5. The highest BCUT2D eigenvalue weighted by atomic mass is 79.9. The molecular weight excluding hydrogens is 232 g/mol. The highest BCUT2D eigenvalue weighted by molar-refractivity contribution is 9.10. The van der Waals surface area contributed by atoms with E-state index in [2.05, 4.69) is 31.2 Å². The summed E-state index contributed by atoms with van der Waals surface area (Å²) >= 11 is 3.26. The molecule has 70 valence electrons. The minimum Gasteiger partial charge on any atom is -0.351 e. The Morgan fingerprint density at radius 2 is 2.08 bits per heavy atom. The van der Waals surface area contributed by atoms with Gasteiger partial charge in [-0.3, -0.25) is 0 Å². The zero-order valence-corrected chi connectivity index (χ0v) is 8.66. The molecule has 1 aromatic rings. The molecule has 0 aromatic carbocycles. The number of aromatic nitrogens is 2. The Bertz CT molecular complexity index is 270. The van der Waals surface area contributed by atoms with E-state index in [-0.39, 0.29) is 0 Å².